The van der Waals surface area contributed by atoms with Crippen molar-refractivity contribution in [2.24, 2.45) is 5.92 Å². The molecule has 1 amide bonds. The fourth-order valence-corrected chi connectivity index (χ4v) is 0.955. The van der Waals surface area contributed by atoms with Gasteiger partial charge in [0.2, 0.25) is 5.91 Å². The lowest BCUT2D eigenvalue weighted by atomic mass is 10.2. The third-order valence-electron chi connectivity index (χ3n) is 1.88. The second kappa shape index (κ2) is 7.87. The van der Waals surface area contributed by atoms with Crippen LogP contribution in [0.15, 0.2) is 12.2 Å². The van der Waals surface area contributed by atoms with Gasteiger partial charge in [0.15, 0.2) is 0 Å². The van der Waals surface area contributed by atoms with Crippen molar-refractivity contribution in [3.8, 4) is 0 Å². The third kappa shape index (κ3) is 7.99. The monoisotopic (exact) mass is 228 g/mol. The highest BCUT2D eigenvalue weighted by molar-refractivity contribution is 5.81. The summed E-state index contributed by atoms with van der Waals surface area (Å²) in [6.45, 7) is 6.80. The molecular weight excluding hydrogens is 208 g/mol. The lowest BCUT2D eigenvalue weighted by Gasteiger charge is -2.13. The van der Waals surface area contributed by atoms with Gasteiger partial charge in [-0.2, -0.15) is 0 Å². The molecule has 0 saturated carbocycles. The Kier molecular flexibility index (Phi) is 7.20. The predicted molar refractivity (Wildman–Crippen MR) is 62.1 cm³/mol. The molecule has 5 nitrogen and oxygen atoms in total. The fourth-order valence-electron chi connectivity index (χ4n) is 0.955. The quantitative estimate of drug-likeness (QED) is 0.550. The van der Waals surface area contributed by atoms with E-state index in [0.29, 0.717) is 19.0 Å². The molecule has 1 atom stereocenters. The largest absolute Gasteiger partial charge is 0.478 e. The Bertz CT molecular complexity index is 262. The molecule has 0 rings (SSSR count). The standard InChI is InChI=1S/C11H20N2O3/c1-8(2)7-13-11(16)9(3)12-6-4-5-10(14)15/h4-5,8-9,12H,6-7H2,1-3H3,(H,13,16)(H,14,15)/b5-4+. The highest BCUT2D eigenvalue weighted by Crippen LogP contribution is 1.89. The van der Waals surface area contributed by atoms with Crippen molar-refractivity contribution in [1.82, 2.24) is 10.6 Å². The number of carboxylic acid groups (broad SMARTS) is 1. The van der Waals surface area contributed by atoms with Crippen LogP contribution in [0.1, 0.15) is 20.8 Å². The number of rotatable bonds is 7. The lowest BCUT2D eigenvalue weighted by Crippen LogP contribution is -2.43. The molecule has 16 heavy (non-hydrogen) atoms. The van der Waals surface area contributed by atoms with E-state index in [9.17, 15) is 9.59 Å². The van der Waals surface area contributed by atoms with Crippen LogP contribution >= 0.6 is 0 Å². The van der Waals surface area contributed by atoms with Crippen molar-refractivity contribution in [2.75, 3.05) is 13.1 Å². The number of carbonyl (C=O) groups is 2. The van der Waals surface area contributed by atoms with Crippen LogP contribution in [0.2, 0.25) is 0 Å². The number of nitrogens with one attached hydrogen (secondary N) is 2. The van der Waals surface area contributed by atoms with Crippen molar-refractivity contribution in [3.05, 3.63) is 12.2 Å². The summed E-state index contributed by atoms with van der Waals surface area (Å²) < 4.78 is 0. The summed E-state index contributed by atoms with van der Waals surface area (Å²) in [5.74, 6) is -0.640. The van der Waals surface area contributed by atoms with E-state index in [-0.39, 0.29) is 11.9 Å². The molecule has 3 N–H and O–H groups in total. The van der Waals surface area contributed by atoms with E-state index in [1.165, 1.54) is 6.08 Å². The summed E-state index contributed by atoms with van der Waals surface area (Å²) in [6, 6.07) is -0.322. The molecule has 0 spiro atoms. The van der Waals surface area contributed by atoms with Gasteiger partial charge >= 0.3 is 5.97 Å². The van der Waals surface area contributed by atoms with Crippen LogP contribution in [0, 0.1) is 5.92 Å². The van der Waals surface area contributed by atoms with Crippen LogP contribution in [0.3, 0.4) is 0 Å². The molecule has 0 aromatic rings. The Morgan fingerprint density at radius 3 is 2.44 bits per heavy atom. The van der Waals surface area contributed by atoms with Gasteiger partial charge in [0, 0.05) is 19.2 Å². The first kappa shape index (κ1) is 14.6. The summed E-state index contributed by atoms with van der Waals surface area (Å²) >= 11 is 0. The maximum absolute atomic E-state index is 11.5. The summed E-state index contributed by atoms with van der Waals surface area (Å²) in [5.41, 5.74) is 0. The van der Waals surface area contributed by atoms with E-state index < -0.39 is 5.97 Å². The molecule has 1 unspecified atom stereocenters. The number of aliphatic carboxylic acids is 1. The molecule has 0 heterocycles. The smallest absolute Gasteiger partial charge is 0.328 e. The molecule has 0 bridgehead atoms. The molecule has 0 aromatic carbocycles. The van der Waals surface area contributed by atoms with E-state index >= 15 is 0 Å². The van der Waals surface area contributed by atoms with Crippen molar-refractivity contribution >= 4 is 11.9 Å². The average molecular weight is 228 g/mol. The van der Waals surface area contributed by atoms with Crippen LogP contribution < -0.4 is 10.6 Å². The molecule has 0 aromatic heterocycles. The van der Waals surface area contributed by atoms with Gasteiger partial charge in [-0.15, -0.1) is 0 Å². The minimum absolute atomic E-state index is 0.0718. The van der Waals surface area contributed by atoms with Crippen LogP contribution in [-0.4, -0.2) is 36.1 Å². The Morgan fingerprint density at radius 1 is 1.31 bits per heavy atom. The fraction of sp³-hybridized carbons (Fsp3) is 0.636. The molecule has 92 valence electrons. The topological polar surface area (TPSA) is 78.4 Å². The van der Waals surface area contributed by atoms with E-state index in [2.05, 4.69) is 10.6 Å². The van der Waals surface area contributed by atoms with E-state index in [1.54, 1.807) is 6.92 Å². The minimum Gasteiger partial charge on any atom is -0.478 e. The number of hydrogen-bond acceptors (Lipinski definition) is 3. The molecule has 0 aliphatic heterocycles. The highest BCUT2D eigenvalue weighted by atomic mass is 16.4. The summed E-state index contributed by atoms with van der Waals surface area (Å²) in [7, 11) is 0. The maximum Gasteiger partial charge on any atom is 0.328 e. The summed E-state index contributed by atoms with van der Waals surface area (Å²) in [6.07, 6.45) is 2.51. The third-order valence-corrected chi connectivity index (χ3v) is 1.88. The first-order chi connectivity index (χ1) is 7.43. The highest BCUT2D eigenvalue weighted by Gasteiger charge is 2.10. The molecule has 0 radical (unpaired) electrons. The first-order valence-electron chi connectivity index (χ1n) is 5.34. The second-order valence-corrected chi connectivity index (χ2v) is 4.01. The summed E-state index contributed by atoms with van der Waals surface area (Å²) in [5, 5.41) is 14.0. The zero-order chi connectivity index (χ0) is 12.6. The van der Waals surface area contributed by atoms with Gasteiger partial charge in [-0.25, -0.2) is 4.79 Å². The predicted octanol–water partition coefficient (Wildman–Crippen LogP) is 0.378. The van der Waals surface area contributed by atoms with Crippen molar-refractivity contribution < 1.29 is 14.7 Å². The Balaban J connectivity index is 3.75. The number of amides is 1. The van der Waals surface area contributed by atoms with Crippen molar-refractivity contribution in [1.29, 1.82) is 0 Å². The van der Waals surface area contributed by atoms with Gasteiger partial charge < -0.3 is 15.7 Å². The van der Waals surface area contributed by atoms with E-state index in [4.69, 9.17) is 5.11 Å². The Morgan fingerprint density at radius 2 is 1.94 bits per heavy atom. The molecule has 5 heteroatoms. The van der Waals surface area contributed by atoms with Crippen LogP contribution in [-0.2, 0) is 9.59 Å². The molecule has 0 fully saturated rings. The van der Waals surface area contributed by atoms with E-state index in [1.807, 2.05) is 13.8 Å². The van der Waals surface area contributed by atoms with Gasteiger partial charge in [0.25, 0.3) is 0 Å². The molecule has 0 aliphatic carbocycles. The Hall–Kier alpha value is -1.36. The lowest BCUT2D eigenvalue weighted by molar-refractivity contribution is -0.131. The SMILES string of the molecule is CC(C)CNC(=O)C(C)NC/C=C/C(=O)O. The van der Waals surface area contributed by atoms with E-state index in [0.717, 1.165) is 6.08 Å². The van der Waals surface area contributed by atoms with Gasteiger partial charge in [-0.05, 0) is 12.8 Å². The minimum atomic E-state index is -0.987. The van der Waals surface area contributed by atoms with Crippen LogP contribution in [0.4, 0.5) is 0 Å². The Labute approximate surface area is 95.9 Å². The van der Waals surface area contributed by atoms with Gasteiger partial charge in [-0.1, -0.05) is 19.9 Å². The number of hydrogen-bond donors (Lipinski definition) is 3. The number of carbonyl (C=O) groups excluding carboxylic acids is 1. The van der Waals surface area contributed by atoms with Crippen molar-refractivity contribution in [3.63, 3.8) is 0 Å². The van der Waals surface area contributed by atoms with Crippen LogP contribution in [0.25, 0.3) is 0 Å². The normalized spacial score (nSPS) is 13.0. The molecular formula is C11H20N2O3. The second-order valence-electron chi connectivity index (χ2n) is 4.01. The van der Waals surface area contributed by atoms with Crippen LogP contribution in [0.5, 0.6) is 0 Å². The number of carboxylic acids is 1. The zero-order valence-corrected chi connectivity index (χ0v) is 9.99. The van der Waals surface area contributed by atoms with Gasteiger partial charge in [0.1, 0.15) is 0 Å². The summed E-state index contributed by atoms with van der Waals surface area (Å²) in [4.78, 5) is 21.6. The first-order valence-corrected chi connectivity index (χ1v) is 5.34. The zero-order valence-electron chi connectivity index (χ0n) is 9.99. The molecule has 0 saturated heterocycles. The molecule has 0 aliphatic rings. The van der Waals surface area contributed by atoms with Gasteiger partial charge in [0.05, 0.1) is 6.04 Å². The maximum atomic E-state index is 11.5. The van der Waals surface area contributed by atoms with Gasteiger partial charge in [-0.3, -0.25) is 4.79 Å². The average Bonchev–Trinajstić information content (AvgIpc) is 2.20. The van der Waals surface area contributed by atoms with Crippen molar-refractivity contribution in [2.45, 2.75) is 26.8 Å².